The molecule has 2 heterocycles. The second-order valence-electron chi connectivity index (χ2n) is 11.6. The van der Waals surface area contributed by atoms with Crippen LogP contribution in [0.4, 0.5) is 21.5 Å². The molecule has 0 unspecified atom stereocenters. The molecule has 0 fully saturated rings. The molecule has 46 heavy (non-hydrogen) atoms. The molecule has 0 spiro atoms. The summed E-state index contributed by atoms with van der Waals surface area (Å²) in [4.78, 5) is 2.32. The molecule has 9 aromatic rings. The van der Waals surface area contributed by atoms with Crippen molar-refractivity contribution in [1.29, 1.82) is 0 Å². The lowest BCUT2D eigenvalue weighted by atomic mass is 10.1. The van der Waals surface area contributed by atoms with Crippen LogP contribution in [0.25, 0.3) is 55.0 Å². The van der Waals surface area contributed by atoms with Crippen LogP contribution in [0, 0.1) is 5.82 Å². The van der Waals surface area contributed by atoms with E-state index in [-0.39, 0.29) is 5.82 Å². The number of para-hydroxylation sites is 5. The monoisotopic (exact) mass is 593 g/mol. The summed E-state index contributed by atoms with van der Waals surface area (Å²) in [6.07, 6.45) is 0. The standard InChI is InChI=1S/C42H28FN3/c43-29-23-25-36-37-20-12-22-39(42(37)46(40(36)27-29)32-17-8-3-9-18-32)44(30-13-4-1-5-14-30)33-24-26-35-34-19-10-11-21-38(34)45(41(35)28-33)31-15-6-2-7-16-31/h1-28H. The molecule has 0 aliphatic heterocycles. The van der Waals surface area contributed by atoms with E-state index in [1.165, 1.54) is 16.3 Å². The number of hydrogen-bond donors (Lipinski definition) is 0. The minimum atomic E-state index is -0.256. The smallest absolute Gasteiger partial charge is 0.125 e. The Morgan fingerprint density at radius 3 is 1.72 bits per heavy atom. The summed E-state index contributed by atoms with van der Waals surface area (Å²) in [6, 6.07) is 58.1. The molecule has 0 aliphatic rings. The van der Waals surface area contributed by atoms with E-state index in [1.807, 2.05) is 30.3 Å². The Kier molecular flexibility index (Phi) is 6.00. The van der Waals surface area contributed by atoms with Gasteiger partial charge in [-0.15, -0.1) is 0 Å². The fourth-order valence-electron chi connectivity index (χ4n) is 7.00. The molecule has 0 amide bonds. The molecule has 3 nitrogen and oxygen atoms in total. The average Bonchev–Trinajstić information content (AvgIpc) is 3.62. The lowest BCUT2D eigenvalue weighted by molar-refractivity contribution is 0.629. The molecule has 9 rings (SSSR count). The van der Waals surface area contributed by atoms with E-state index in [0.717, 1.165) is 55.8 Å². The zero-order valence-corrected chi connectivity index (χ0v) is 24.9. The highest BCUT2D eigenvalue weighted by atomic mass is 19.1. The third-order valence-electron chi connectivity index (χ3n) is 8.93. The largest absolute Gasteiger partial charge is 0.309 e. The van der Waals surface area contributed by atoms with Crippen molar-refractivity contribution in [2.75, 3.05) is 4.90 Å². The molecule has 0 saturated heterocycles. The summed E-state index contributed by atoms with van der Waals surface area (Å²) in [6.45, 7) is 0. The number of rotatable bonds is 5. The van der Waals surface area contributed by atoms with Gasteiger partial charge in [-0.3, -0.25) is 0 Å². The molecule has 7 aromatic carbocycles. The van der Waals surface area contributed by atoms with Crippen LogP contribution in [0.3, 0.4) is 0 Å². The van der Waals surface area contributed by atoms with Crippen molar-refractivity contribution < 1.29 is 4.39 Å². The van der Waals surface area contributed by atoms with E-state index in [4.69, 9.17) is 0 Å². The minimum absolute atomic E-state index is 0.256. The van der Waals surface area contributed by atoms with Gasteiger partial charge < -0.3 is 14.0 Å². The third-order valence-corrected chi connectivity index (χ3v) is 8.93. The quantitative estimate of drug-likeness (QED) is 0.193. The summed E-state index contributed by atoms with van der Waals surface area (Å²) >= 11 is 0. The van der Waals surface area contributed by atoms with E-state index in [1.54, 1.807) is 12.1 Å². The molecule has 2 aromatic heterocycles. The van der Waals surface area contributed by atoms with E-state index in [2.05, 4.69) is 141 Å². The first-order chi connectivity index (χ1) is 22.8. The number of anilines is 3. The van der Waals surface area contributed by atoms with Crippen molar-refractivity contribution in [2.24, 2.45) is 0 Å². The number of hydrogen-bond acceptors (Lipinski definition) is 1. The van der Waals surface area contributed by atoms with Crippen LogP contribution in [0.1, 0.15) is 0 Å². The van der Waals surface area contributed by atoms with Crippen LogP contribution in [0.15, 0.2) is 170 Å². The van der Waals surface area contributed by atoms with Gasteiger partial charge in [0.2, 0.25) is 0 Å². The van der Waals surface area contributed by atoms with Gasteiger partial charge in [0, 0.05) is 44.3 Å². The maximum absolute atomic E-state index is 14.8. The molecule has 0 radical (unpaired) electrons. The number of halogens is 1. The Bertz CT molecular complexity index is 2530. The molecule has 0 atom stereocenters. The molecular weight excluding hydrogens is 565 g/mol. The molecular formula is C42H28FN3. The van der Waals surface area contributed by atoms with Gasteiger partial charge in [-0.1, -0.05) is 91.0 Å². The van der Waals surface area contributed by atoms with Crippen LogP contribution in [0.2, 0.25) is 0 Å². The summed E-state index contributed by atoms with van der Waals surface area (Å²) < 4.78 is 19.4. The van der Waals surface area contributed by atoms with E-state index in [0.29, 0.717) is 0 Å². The molecule has 0 saturated carbocycles. The Labute approximate surface area is 265 Å². The normalized spacial score (nSPS) is 11.6. The second kappa shape index (κ2) is 10.5. The summed E-state index contributed by atoms with van der Waals surface area (Å²) in [5.41, 5.74) is 9.31. The van der Waals surface area contributed by atoms with Gasteiger partial charge in [0.1, 0.15) is 5.82 Å². The molecule has 0 bridgehead atoms. The van der Waals surface area contributed by atoms with Crippen LogP contribution in [-0.4, -0.2) is 9.13 Å². The number of benzene rings is 7. The van der Waals surface area contributed by atoms with Gasteiger partial charge in [0.15, 0.2) is 0 Å². The zero-order chi connectivity index (χ0) is 30.6. The fourth-order valence-corrected chi connectivity index (χ4v) is 7.00. The van der Waals surface area contributed by atoms with Gasteiger partial charge in [0.05, 0.1) is 27.8 Å². The second-order valence-corrected chi connectivity index (χ2v) is 11.6. The van der Waals surface area contributed by atoms with Crippen molar-refractivity contribution in [3.63, 3.8) is 0 Å². The summed E-state index contributed by atoms with van der Waals surface area (Å²) in [5.74, 6) is -0.256. The topological polar surface area (TPSA) is 13.1 Å². The van der Waals surface area contributed by atoms with Crippen LogP contribution >= 0.6 is 0 Å². The number of fused-ring (bicyclic) bond motifs is 6. The van der Waals surface area contributed by atoms with Crippen molar-refractivity contribution in [3.8, 4) is 11.4 Å². The third kappa shape index (κ3) is 4.04. The Morgan fingerprint density at radius 2 is 0.957 bits per heavy atom. The Balaban J connectivity index is 1.38. The fraction of sp³-hybridized carbons (Fsp3) is 0. The highest BCUT2D eigenvalue weighted by molar-refractivity contribution is 6.15. The van der Waals surface area contributed by atoms with Gasteiger partial charge in [-0.2, -0.15) is 0 Å². The Hall–Kier alpha value is -6.13. The van der Waals surface area contributed by atoms with Crippen molar-refractivity contribution in [2.45, 2.75) is 0 Å². The first-order valence-electron chi connectivity index (χ1n) is 15.5. The van der Waals surface area contributed by atoms with Gasteiger partial charge in [0.25, 0.3) is 0 Å². The van der Waals surface area contributed by atoms with Crippen molar-refractivity contribution >= 4 is 60.7 Å². The maximum Gasteiger partial charge on any atom is 0.125 e. The highest BCUT2D eigenvalue weighted by Gasteiger charge is 2.23. The molecule has 0 N–H and O–H groups in total. The predicted molar refractivity (Wildman–Crippen MR) is 190 cm³/mol. The predicted octanol–water partition coefficient (Wildman–Crippen LogP) is 11.5. The average molecular weight is 594 g/mol. The number of aromatic nitrogens is 2. The SMILES string of the molecule is Fc1ccc2c3cccc(N(c4ccccc4)c4ccc5c6ccccc6n(-c6ccccc6)c5c4)c3n(-c3ccccc3)c2c1. The van der Waals surface area contributed by atoms with Crippen LogP contribution in [0.5, 0.6) is 0 Å². The van der Waals surface area contributed by atoms with Crippen molar-refractivity contribution in [1.82, 2.24) is 9.13 Å². The summed E-state index contributed by atoms with van der Waals surface area (Å²) in [5, 5.41) is 4.49. The van der Waals surface area contributed by atoms with Crippen LogP contribution < -0.4 is 4.90 Å². The van der Waals surface area contributed by atoms with Gasteiger partial charge >= 0.3 is 0 Å². The highest BCUT2D eigenvalue weighted by Crippen LogP contribution is 2.44. The summed E-state index contributed by atoms with van der Waals surface area (Å²) in [7, 11) is 0. The minimum Gasteiger partial charge on any atom is -0.309 e. The van der Waals surface area contributed by atoms with E-state index < -0.39 is 0 Å². The van der Waals surface area contributed by atoms with Crippen molar-refractivity contribution in [3.05, 3.63) is 176 Å². The Morgan fingerprint density at radius 1 is 0.391 bits per heavy atom. The van der Waals surface area contributed by atoms with E-state index in [9.17, 15) is 4.39 Å². The molecule has 218 valence electrons. The lowest BCUT2D eigenvalue weighted by Gasteiger charge is -2.27. The first kappa shape index (κ1) is 26.3. The molecule has 0 aliphatic carbocycles. The lowest BCUT2D eigenvalue weighted by Crippen LogP contribution is -2.11. The maximum atomic E-state index is 14.8. The van der Waals surface area contributed by atoms with Gasteiger partial charge in [-0.25, -0.2) is 4.39 Å². The zero-order valence-electron chi connectivity index (χ0n) is 24.9. The van der Waals surface area contributed by atoms with E-state index >= 15 is 0 Å². The number of nitrogens with zero attached hydrogens (tertiary/aromatic N) is 3. The van der Waals surface area contributed by atoms with Gasteiger partial charge in [-0.05, 0) is 78.9 Å². The molecule has 4 heteroatoms. The van der Waals surface area contributed by atoms with Crippen LogP contribution in [-0.2, 0) is 0 Å². The first-order valence-corrected chi connectivity index (χ1v) is 15.5.